The van der Waals surface area contributed by atoms with Crippen LogP contribution in [-0.2, 0) is 0 Å². The largest absolute Gasteiger partial charge is 0.302 e. The SMILES string of the molecule is CC1(C)CCN(CCC(=O)c2ccc(Cl)cc2)CCS1. The normalized spacial score (nSPS) is 19.6. The van der Waals surface area contributed by atoms with Crippen LogP contribution in [0.4, 0.5) is 0 Å². The first-order valence-electron chi connectivity index (χ1n) is 7.11. The molecule has 2 rings (SSSR count). The molecule has 20 heavy (non-hydrogen) atoms. The van der Waals surface area contributed by atoms with E-state index in [0.717, 1.165) is 31.0 Å². The van der Waals surface area contributed by atoms with Crippen LogP contribution in [0.1, 0.15) is 37.0 Å². The van der Waals surface area contributed by atoms with Crippen LogP contribution in [0.5, 0.6) is 0 Å². The summed E-state index contributed by atoms with van der Waals surface area (Å²) in [5, 5.41) is 0.674. The number of benzene rings is 1. The molecule has 0 aliphatic carbocycles. The molecule has 0 unspecified atom stereocenters. The third-order valence-electron chi connectivity index (χ3n) is 3.75. The number of nitrogens with zero attached hydrogens (tertiary/aromatic N) is 1. The fourth-order valence-electron chi connectivity index (χ4n) is 2.33. The highest BCUT2D eigenvalue weighted by atomic mass is 35.5. The van der Waals surface area contributed by atoms with Gasteiger partial charge in [-0.2, -0.15) is 11.8 Å². The standard InChI is InChI=1S/C16H22ClNOS/c1-16(2)8-10-18(11-12-20-16)9-7-15(19)13-3-5-14(17)6-4-13/h3-6H,7-12H2,1-2H3. The number of rotatable bonds is 4. The fraction of sp³-hybridized carbons (Fsp3) is 0.562. The Kier molecular flexibility index (Phi) is 5.53. The Morgan fingerprint density at radius 3 is 2.70 bits per heavy atom. The van der Waals surface area contributed by atoms with E-state index in [1.54, 1.807) is 12.1 Å². The van der Waals surface area contributed by atoms with Crippen molar-refractivity contribution in [1.29, 1.82) is 0 Å². The van der Waals surface area contributed by atoms with E-state index in [1.807, 2.05) is 23.9 Å². The van der Waals surface area contributed by atoms with Crippen molar-refractivity contribution in [3.63, 3.8) is 0 Å². The average Bonchev–Trinajstić information content (AvgIpc) is 2.58. The van der Waals surface area contributed by atoms with Gasteiger partial charge in [-0.1, -0.05) is 25.4 Å². The van der Waals surface area contributed by atoms with Crippen LogP contribution >= 0.6 is 23.4 Å². The second-order valence-electron chi connectivity index (χ2n) is 5.88. The second kappa shape index (κ2) is 6.97. The van der Waals surface area contributed by atoms with Crippen LogP contribution < -0.4 is 0 Å². The van der Waals surface area contributed by atoms with E-state index in [-0.39, 0.29) is 5.78 Å². The lowest BCUT2D eigenvalue weighted by atomic mass is 10.1. The summed E-state index contributed by atoms with van der Waals surface area (Å²) in [6.45, 7) is 7.65. The molecule has 110 valence electrons. The number of carbonyl (C=O) groups excluding carboxylic acids is 1. The summed E-state index contributed by atoms with van der Waals surface area (Å²) in [4.78, 5) is 14.5. The molecule has 1 fully saturated rings. The number of halogens is 1. The van der Waals surface area contributed by atoms with Crippen LogP contribution in [0.15, 0.2) is 24.3 Å². The predicted molar refractivity (Wildman–Crippen MR) is 88.0 cm³/mol. The first kappa shape index (κ1) is 15.9. The van der Waals surface area contributed by atoms with Crippen LogP contribution in [0.25, 0.3) is 0 Å². The lowest BCUT2D eigenvalue weighted by Crippen LogP contribution is -2.29. The summed E-state index contributed by atoms with van der Waals surface area (Å²) in [5.41, 5.74) is 0.763. The van der Waals surface area contributed by atoms with E-state index in [9.17, 15) is 4.79 Å². The third-order valence-corrected chi connectivity index (χ3v) is 5.38. The molecular formula is C16H22ClNOS. The molecule has 2 nitrogen and oxygen atoms in total. The van der Waals surface area contributed by atoms with Crippen molar-refractivity contribution in [2.75, 3.05) is 25.4 Å². The minimum atomic E-state index is 0.206. The summed E-state index contributed by atoms with van der Waals surface area (Å²) in [6, 6.07) is 7.18. The van der Waals surface area contributed by atoms with Crippen LogP contribution in [-0.4, -0.2) is 40.8 Å². The van der Waals surface area contributed by atoms with Crippen LogP contribution in [0, 0.1) is 0 Å². The van der Waals surface area contributed by atoms with Gasteiger partial charge in [-0.05, 0) is 37.2 Å². The lowest BCUT2D eigenvalue weighted by Gasteiger charge is -2.22. The monoisotopic (exact) mass is 311 g/mol. The quantitative estimate of drug-likeness (QED) is 0.780. The second-order valence-corrected chi connectivity index (χ2v) is 8.12. The van der Waals surface area contributed by atoms with Gasteiger partial charge >= 0.3 is 0 Å². The van der Waals surface area contributed by atoms with Crippen molar-refractivity contribution in [3.05, 3.63) is 34.9 Å². The maximum Gasteiger partial charge on any atom is 0.164 e. The average molecular weight is 312 g/mol. The molecule has 1 heterocycles. The first-order chi connectivity index (χ1) is 9.46. The molecule has 4 heteroatoms. The van der Waals surface area contributed by atoms with Gasteiger partial charge in [0, 0.05) is 40.6 Å². The zero-order chi connectivity index (χ0) is 14.6. The van der Waals surface area contributed by atoms with Gasteiger partial charge in [-0.25, -0.2) is 0 Å². The summed E-state index contributed by atoms with van der Waals surface area (Å²) in [7, 11) is 0. The molecule has 0 N–H and O–H groups in total. The minimum absolute atomic E-state index is 0.206. The number of carbonyl (C=O) groups is 1. The van der Waals surface area contributed by atoms with Crippen molar-refractivity contribution in [1.82, 2.24) is 4.90 Å². The van der Waals surface area contributed by atoms with Gasteiger partial charge < -0.3 is 4.90 Å². The van der Waals surface area contributed by atoms with E-state index >= 15 is 0 Å². The Balaban J connectivity index is 1.83. The van der Waals surface area contributed by atoms with Gasteiger partial charge in [0.25, 0.3) is 0 Å². The highest BCUT2D eigenvalue weighted by Gasteiger charge is 2.23. The first-order valence-corrected chi connectivity index (χ1v) is 8.48. The van der Waals surface area contributed by atoms with Gasteiger partial charge in [0.2, 0.25) is 0 Å². The topological polar surface area (TPSA) is 20.3 Å². The van der Waals surface area contributed by atoms with Crippen molar-refractivity contribution < 1.29 is 4.79 Å². The molecule has 1 aromatic carbocycles. The molecule has 0 bridgehead atoms. The van der Waals surface area contributed by atoms with Crippen molar-refractivity contribution in [2.45, 2.75) is 31.4 Å². The highest BCUT2D eigenvalue weighted by Crippen LogP contribution is 2.30. The Morgan fingerprint density at radius 1 is 1.30 bits per heavy atom. The van der Waals surface area contributed by atoms with Gasteiger partial charge in [0.1, 0.15) is 0 Å². The van der Waals surface area contributed by atoms with Crippen molar-refractivity contribution in [2.24, 2.45) is 0 Å². The molecule has 0 atom stereocenters. The lowest BCUT2D eigenvalue weighted by molar-refractivity contribution is 0.0965. The Hall–Kier alpha value is -0.510. The van der Waals surface area contributed by atoms with E-state index in [0.29, 0.717) is 16.2 Å². The van der Waals surface area contributed by atoms with E-state index in [2.05, 4.69) is 18.7 Å². The molecule has 0 radical (unpaired) electrons. The van der Waals surface area contributed by atoms with E-state index < -0.39 is 0 Å². The zero-order valence-electron chi connectivity index (χ0n) is 12.2. The summed E-state index contributed by atoms with van der Waals surface area (Å²) >= 11 is 7.87. The van der Waals surface area contributed by atoms with Gasteiger partial charge in [0.05, 0.1) is 0 Å². The van der Waals surface area contributed by atoms with Crippen molar-refractivity contribution >= 4 is 29.1 Å². The fourth-order valence-corrected chi connectivity index (χ4v) is 3.59. The van der Waals surface area contributed by atoms with Gasteiger partial charge in [-0.15, -0.1) is 0 Å². The summed E-state index contributed by atoms with van der Waals surface area (Å²) in [6.07, 6.45) is 1.78. The number of thioether (sulfide) groups is 1. The number of Topliss-reactive ketones (excluding diaryl/α,β-unsaturated/α-hetero) is 1. The molecular weight excluding hydrogens is 290 g/mol. The molecule has 0 aromatic heterocycles. The molecule has 1 aliphatic rings. The summed E-state index contributed by atoms with van der Waals surface area (Å²) < 4.78 is 0.370. The number of hydrogen-bond acceptors (Lipinski definition) is 3. The number of ketones is 1. The maximum absolute atomic E-state index is 12.1. The molecule has 0 saturated carbocycles. The van der Waals surface area contributed by atoms with Crippen molar-refractivity contribution in [3.8, 4) is 0 Å². The van der Waals surface area contributed by atoms with E-state index in [1.165, 1.54) is 6.42 Å². The molecule has 0 amide bonds. The smallest absolute Gasteiger partial charge is 0.164 e. The van der Waals surface area contributed by atoms with Gasteiger partial charge in [-0.3, -0.25) is 4.79 Å². The highest BCUT2D eigenvalue weighted by molar-refractivity contribution is 8.00. The molecule has 1 saturated heterocycles. The van der Waals surface area contributed by atoms with Crippen LogP contribution in [0.2, 0.25) is 5.02 Å². The molecule has 0 spiro atoms. The molecule has 1 aliphatic heterocycles. The minimum Gasteiger partial charge on any atom is -0.302 e. The zero-order valence-corrected chi connectivity index (χ0v) is 13.8. The third kappa shape index (κ3) is 4.80. The van der Waals surface area contributed by atoms with Crippen LogP contribution in [0.3, 0.4) is 0 Å². The predicted octanol–water partition coefficient (Wildman–Crippen LogP) is 4.13. The Bertz CT molecular complexity index is 458. The van der Waals surface area contributed by atoms with Gasteiger partial charge in [0.15, 0.2) is 5.78 Å². The maximum atomic E-state index is 12.1. The van der Waals surface area contributed by atoms with E-state index in [4.69, 9.17) is 11.6 Å². The number of hydrogen-bond donors (Lipinski definition) is 0. The Morgan fingerprint density at radius 2 is 2.00 bits per heavy atom. The summed E-state index contributed by atoms with van der Waals surface area (Å²) in [5.74, 6) is 1.36. The molecule has 1 aromatic rings. The Labute approximate surface area is 130 Å².